The average Bonchev–Trinajstić information content (AvgIpc) is 2.44. The van der Waals surface area contributed by atoms with E-state index in [1.165, 1.54) is 0 Å². The van der Waals surface area contributed by atoms with E-state index in [-0.39, 0.29) is 0 Å². The molecule has 1 heterocycles. The van der Waals surface area contributed by atoms with E-state index in [9.17, 15) is 0 Å². The summed E-state index contributed by atoms with van der Waals surface area (Å²) in [5.41, 5.74) is 9.79. The smallest absolute Gasteiger partial charge is 0.112 e. The van der Waals surface area contributed by atoms with Gasteiger partial charge in [0.05, 0.1) is 23.1 Å². The Kier molecular flexibility index (Phi) is 4.08. The van der Waals surface area contributed by atoms with Crippen molar-refractivity contribution in [1.29, 1.82) is 0 Å². The van der Waals surface area contributed by atoms with E-state index in [2.05, 4.69) is 29.5 Å². The van der Waals surface area contributed by atoms with E-state index in [1.54, 1.807) is 12.3 Å². The molecule has 0 saturated heterocycles. The van der Waals surface area contributed by atoms with Gasteiger partial charge in [-0.1, -0.05) is 43.9 Å². The third kappa shape index (κ3) is 2.88. The lowest BCUT2D eigenvalue weighted by Gasteiger charge is -2.04. The van der Waals surface area contributed by atoms with Crippen LogP contribution in [-0.4, -0.2) is 9.97 Å². The molecule has 0 bridgehead atoms. The second-order valence-corrected chi connectivity index (χ2v) is 4.13. The van der Waals surface area contributed by atoms with E-state index in [1.807, 2.05) is 30.4 Å². The van der Waals surface area contributed by atoms with Gasteiger partial charge in [0.1, 0.15) is 5.52 Å². The summed E-state index contributed by atoms with van der Waals surface area (Å²) in [6.45, 7) is 5.91. The largest absolute Gasteiger partial charge is 0.397 e. The van der Waals surface area contributed by atoms with Crippen molar-refractivity contribution in [3.8, 4) is 0 Å². The number of anilines is 1. The minimum atomic E-state index is 0.645. The van der Waals surface area contributed by atoms with Crippen molar-refractivity contribution in [2.24, 2.45) is 0 Å². The van der Waals surface area contributed by atoms with Crippen LogP contribution in [0.3, 0.4) is 0 Å². The molecule has 2 aromatic rings. The van der Waals surface area contributed by atoms with Crippen LogP contribution in [0.1, 0.15) is 19.0 Å². The van der Waals surface area contributed by atoms with Crippen LogP contribution < -0.4 is 5.73 Å². The first kappa shape index (κ1) is 13.0. The molecule has 0 fully saturated rings. The monoisotopic (exact) mass is 251 g/mol. The molecule has 1 aromatic carbocycles. The van der Waals surface area contributed by atoms with Crippen LogP contribution in [0.5, 0.6) is 0 Å². The van der Waals surface area contributed by atoms with Crippen LogP contribution in [-0.2, 0) is 0 Å². The van der Waals surface area contributed by atoms with Gasteiger partial charge < -0.3 is 5.73 Å². The molecule has 0 spiro atoms. The Morgan fingerprint density at radius 3 is 3.00 bits per heavy atom. The number of benzene rings is 1. The standard InChI is InChI=1S/C16H17N3/c1-3-5-6-8-12(4-2)15-11-18-16-13(17)9-7-10-14(16)19-15/h4-11H,2-3,17H2,1H3/b6-5-,12-8+. The van der Waals surface area contributed by atoms with E-state index in [0.717, 1.165) is 28.7 Å². The Balaban J connectivity index is 2.47. The molecule has 3 heteroatoms. The Labute approximate surface area is 113 Å². The maximum atomic E-state index is 5.86. The minimum absolute atomic E-state index is 0.645. The van der Waals surface area contributed by atoms with Gasteiger partial charge in [0.2, 0.25) is 0 Å². The summed E-state index contributed by atoms with van der Waals surface area (Å²) in [5, 5.41) is 0. The predicted molar refractivity (Wildman–Crippen MR) is 81.6 cm³/mol. The maximum Gasteiger partial charge on any atom is 0.112 e. The van der Waals surface area contributed by atoms with Gasteiger partial charge >= 0.3 is 0 Å². The topological polar surface area (TPSA) is 51.8 Å². The Bertz CT molecular complexity index is 654. The molecule has 19 heavy (non-hydrogen) atoms. The van der Waals surface area contributed by atoms with Gasteiger partial charge in [-0.25, -0.2) is 4.98 Å². The fraction of sp³-hybridized carbons (Fsp3) is 0.125. The maximum absolute atomic E-state index is 5.86. The molecule has 0 radical (unpaired) electrons. The summed E-state index contributed by atoms with van der Waals surface area (Å²) in [4.78, 5) is 8.95. The number of allylic oxidation sites excluding steroid dienone is 5. The molecule has 0 unspecified atom stereocenters. The number of hydrogen-bond acceptors (Lipinski definition) is 3. The highest BCUT2D eigenvalue weighted by molar-refractivity contribution is 5.87. The lowest BCUT2D eigenvalue weighted by Crippen LogP contribution is -1.94. The molecule has 0 atom stereocenters. The van der Waals surface area contributed by atoms with Crippen LogP contribution in [0, 0.1) is 0 Å². The number of rotatable bonds is 4. The van der Waals surface area contributed by atoms with Crippen molar-refractivity contribution in [3.63, 3.8) is 0 Å². The number of para-hydroxylation sites is 1. The van der Waals surface area contributed by atoms with Crippen LogP contribution in [0.25, 0.3) is 16.6 Å². The number of aromatic nitrogens is 2. The van der Waals surface area contributed by atoms with Gasteiger partial charge in [-0.15, -0.1) is 0 Å². The summed E-state index contributed by atoms with van der Waals surface area (Å²) < 4.78 is 0. The highest BCUT2D eigenvalue weighted by Gasteiger charge is 2.04. The summed E-state index contributed by atoms with van der Waals surface area (Å²) in [7, 11) is 0. The minimum Gasteiger partial charge on any atom is -0.397 e. The number of hydrogen-bond donors (Lipinski definition) is 1. The molecule has 1 aromatic heterocycles. The predicted octanol–water partition coefficient (Wildman–Crippen LogP) is 3.75. The zero-order chi connectivity index (χ0) is 13.7. The highest BCUT2D eigenvalue weighted by atomic mass is 14.8. The van der Waals surface area contributed by atoms with Crippen LogP contribution >= 0.6 is 0 Å². The van der Waals surface area contributed by atoms with Crippen molar-refractivity contribution in [3.05, 3.63) is 61.0 Å². The van der Waals surface area contributed by atoms with Gasteiger partial charge in [-0.05, 0) is 18.6 Å². The molecule has 0 aliphatic heterocycles. The molecular weight excluding hydrogens is 234 g/mol. The second-order valence-electron chi connectivity index (χ2n) is 4.13. The van der Waals surface area contributed by atoms with Crippen molar-refractivity contribution >= 4 is 22.3 Å². The summed E-state index contributed by atoms with van der Waals surface area (Å²) in [6, 6.07) is 5.61. The zero-order valence-electron chi connectivity index (χ0n) is 11.0. The summed E-state index contributed by atoms with van der Waals surface area (Å²) in [5.74, 6) is 0. The molecule has 0 aliphatic carbocycles. The van der Waals surface area contributed by atoms with Gasteiger partial charge in [0.25, 0.3) is 0 Å². The van der Waals surface area contributed by atoms with Crippen LogP contribution in [0.15, 0.2) is 55.3 Å². The molecule has 3 nitrogen and oxygen atoms in total. The number of nitrogens with two attached hydrogens (primary N) is 1. The van der Waals surface area contributed by atoms with Gasteiger partial charge in [0.15, 0.2) is 0 Å². The third-order valence-electron chi connectivity index (χ3n) is 2.77. The van der Waals surface area contributed by atoms with E-state index >= 15 is 0 Å². The van der Waals surface area contributed by atoms with E-state index in [4.69, 9.17) is 5.73 Å². The summed E-state index contributed by atoms with van der Waals surface area (Å²) >= 11 is 0. The Hall–Kier alpha value is -2.42. The number of nitrogens with zero attached hydrogens (tertiary/aromatic N) is 2. The third-order valence-corrected chi connectivity index (χ3v) is 2.77. The van der Waals surface area contributed by atoms with E-state index < -0.39 is 0 Å². The lowest BCUT2D eigenvalue weighted by atomic mass is 10.1. The quantitative estimate of drug-likeness (QED) is 0.665. The van der Waals surface area contributed by atoms with Gasteiger partial charge in [0, 0.05) is 5.57 Å². The number of nitrogen functional groups attached to an aromatic ring is 1. The van der Waals surface area contributed by atoms with Gasteiger partial charge in [-0.2, -0.15) is 0 Å². The van der Waals surface area contributed by atoms with Crippen LogP contribution in [0.2, 0.25) is 0 Å². The fourth-order valence-corrected chi connectivity index (χ4v) is 1.77. The van der Waals surface area contributed by atoms with Crippen molar-refractivity contribution in [1.82, 2.24) is 9.97 Å². The number of fused-ring (bicyclic) bond motifs is 1. The first-order valence-electron chi connectivity index (χ1n) is 6.27. The van der Waals surface area contributed by atoms with Crippen molar-refractivity contribution in [2.75, 3.05) is 5.73 Å². The first-order valence-corrected chi connectivity index (χ1v) is 6.27. The van der Waals surface area contributed by atoms with Crippen molar-refractivity contribution < 1.29 is 0 Å². The summed E-state index contributed by atoms with van der Waals surface area (Å²) in [6.07, 6.45) is 10.6. The lowest BCUT2D eigenvalue weighted by molar-refractivity contribution is 1.22. The zero-order valence-corrected chi connectivity index (χ0v) is 11.0. The molecule has 2 N–H and O–H groups in total. The Morgan fingerprint density at radius 1 is 1.42 bits per heavy atom. The molecular formula is C16H17N3. The average molecular weight is 251 g/mol. The van der Waals surface area contributed by atoms with E-state index in [0.29, 0.717) is 5.69 Å². The SMILES string of the molecule is C=C/C(=C\C=C/CC)c1cnc2c(N)cccc2n1. The molecule has 0 amide bonds. The van der Waals surface area contributed by atoms with Crippen molar-refractivity contribution in [2.45, 2.75) is 13.3 Å². The molecule has 0 aliphatic rings. The normalized spacial score (nSPS) is 12.2. The fourth-order valence-electron chi connectivity index (χ4n) is 1.77. The first-order chi connectivity index (χ1) is 9.26. The second kappa shape index (κ2) is 5.96. The Morgan fingerprint density at radius 2 is 2.26 bits per heavy atom. The molecule has 2 rings (SSSR count). The van der Waals surface area contributed by atoms with Gasteiger partial charge in [-0.3, -0.25) is 4.98 Å². The molecule has 96 valence electrons. The van der Waals surface area contributed by atoms with Crippen LogP contribution in [0.4, 0.5) is 5.69 Å². The highest BCUT2D eigenvalue weighted by Crippen LogP contribution is 2.20. The molecule has 0 saturated carbocycles.